The number of hydrogen-bond acceptors (Lipinski definition) is 3. The Labute approximate surface area is 288 Å². The van der Waals surface area contributed by atoms with Gasteiger partial charge < -0.3 is 13.9 Å². The van der Waals surface area contributed by atoms with Crippen molar-refractivity contribution in [3.63, 3.8) is 0 Å². The Kier molecular flexibility index (Phi) is 25.3. The number of ether oxygens (including phenoxy) is 2. The first-order valence-electron chi connectivity index (χ1n) is 19.2. The third-order valence-corrected chi connectivity index (χ3v) is 14.1. The van der Waals surface area contributed by atoms with Gasteiger partial charge >= 0.3 is 0 Å². The smallest absolute Gasteiger partial charge is 0.192 e. The summed E-state index contributed by atoms with van der Waals surface area (Å²) < 4.78 is 18.2. The summed E-state index contributed by atoms with van der Waals surface area (Å²) >= 11 is 0. The van der Waals surface area contributed by atoms with E-state index in [1.165, 1.54) is 115 Å². The lowest BCUT2D eigenvalue weighted by Gasteiger charge is -2.39. The normalized spacial score (nSPS) is 12.8. The van der Waals surface area contributed by atoms with Crippen molar-refractivity contribution < 1.29 is 13.9 Å². The molecule has 0 aromatic heterocycles. The predicted octanol–water partition coefficient (Wildman–Crippen LogP) is 13.4. The Balaban J connectivity index is 2.11. The van der Waals surface area contributed by atoms with Gasteiger partial charge in [0, 0.05) is 25.6 Å². The molecule has 46 heavy (non-hydrogen) atoms. The van der Waals surface area contributed by atoms with Crippen molar-refractivity contribution >= 4 is 8.32 Å². The van der Waals surface area contributed by atoms with Crippen LogP contribution in [0.4, 0.5) is 0 Å². The molecular formula is C42H74O3Si. The number of allylic oxidation sites excluding steroid dienone is 2. The van der Waals surface area contributed by atoms with E-state index in [9.17, 15) is 0 Å². The Bertz CT molecular complexity index is 919. The van der Waals surface area contributed by atoms with Gasteiger partial charge in [-0.1, -0.05) is 123 Å². The summed E-state index contributed by atoms with van der Waals surface area (Å²) in [5.74, 6) is 7.74. The van der Waals surface area contributed by atoms with E-state index in [0.29, 0.717) is 6.61 Å². The Morgan fingerprint density at radius 2 is 1.22 bits per heavy atom. The molecule has 0 bridgehead atoms. The highest BCUT2D eigenvalue weighted by atomic mass is 28.4. The van der Waals surface area contributed by atoms with Crippen LogP contribution in [0.3, 0.4) is 0 Å². The summed E-state index contributed by atoms with van der Waals surface area (Å²) in [5, 5.41) is 0.222. The van der Waals surface area contributed by atoms with Gasteiger partial charge in [-0.3, -0.25) is 0 Å². The van der Waals surface area contributed by atoms with E-state index >= 15 is 0 Å². The standard InChI is InChI=1S/C42H74O3Si/c1-8-9-10-11-12-13-14-15-16-17-18-19-20-21-22-23-24-25-26-27-28-29-30-31-41(45-46(6,7)42(2,3)4)36-37-44-38-39-32-34-40(43-5)35-33-39/h15-16,32-35,41H,8-14,17-22,25-31,36-38H2,1-7H3/b16-15+/t41-/m0/s1. The number of unbranched alkanes of at least 4 members (excludes halogenated alkanes) is 16. The second-order valence-electron chi connectivity index (χ2n) is 14.8. The fraction of sp³-hybridized carbons (Fsp3) is 0.762. The van der Waals surface area contributed by atoms with Gasteiger partial charge in [0.2, 0.25) is 0 Å². The minimum atomic E-state index is -1.81. The first kappa shape index (κ1) is 42.5. The van der Waals surface area contributed by atoms with E-state index in [2.05, 4.69) is 76.9 Å². The third-order valence-electron chi connectivity index (χ3n) is 9.55. The topological polar surface area (TPSA) is 27.7 Å². The minimum absolute atomic E-state index is 0.222. The van der Waals surface area contributed by atoms with Crippen molar-refractivity contribution in [2.45, 2.75) is 193 Å². The molecule has 264 valence electrons. The van der Waals surface area contributed by atoms with E-state index in [4.69, 9.17) is 13.9 Å². The second-order valence-corrected chi connectivity index (χ2v) is 19.6. The van der Waals surface area contributed by atoms with Gasteiger partial charge in [-0.05, 0) is 87.2 Å². The van der Waals surface area contributed by atoms with Gasteiger partial charge in [0.05, 0.1) is 13.7 Å². The van der Waals surface area contributed by atoms with Gasteiger partial charge in [0.25, 0.3) is 0 Å². The maximum absolute atomic E-state index is 6.86. The van der Waals surface area contributed by atoms with Crippen molar-refractivity contribution in [3.8, 4) is 17.6 Å². The highest BCUT2D eigenvalue weighted by Gasteiger charge is 2.38. The van der Waals surface area contributed by atoms with Crippen LogP contribution in [0, 0.1) is 11.8 Å². The second kappa shape index (κ2) is 27.4. The van der Waals surface area contributed by atoms with Crippen LogP contribution >= 0.6 is 0 Å². The molecule has 1 aromatic rings. The molecule has 4 heteroatoms. The van der Waals surface area contributed by atoms with Crippen LogP contribution in [0.5, 0.6) is 5.75 Å². The number of rotatable bonds is 28. The van der Waals surface area contributed by atoms with E-state index in [0.717, 1.165) is 38.0 Å². The van der Waals surface area contributed by atoms with Crippen LogP contribution in [0.25, 0.3) is 0 Å². The molecule has 0 unspecified atom stereocenters. The summed E-state index contributed by atoms with van der Waals surface area (Å²) in [7, 11) is -0.111. The fourth-order valence-corrected chi connectivity index (χ4v) is 6.80. The van der Waals surface area contributed by atoms with E-state index < -0.39 is 8.32 Å². The van der Waals surface area contributed by atoms with Gasteiger partial charge in [0.1, 0.15) is 5.75 Å². The van der Waals surface area contributed by atoms with E-state index in [1.54, 1.807) is 7.11 Å². The van der Waals surface area contributed by atoms with Gasteiger partial charge in [-0.2, -0.15) is 0 Å². The molecule has 0 saturated carbocycles. The first-order valence-corrected chi connectivity index (χ1v) is 22.1. The van der Waals surface area contributed by atoms with Crippen LogP contribution in [0.2, 0.25) is 18.1 Å². The molecule has 1 atom stereocenters. The van der Waals surface area contributed by atoms with Crippen molar-refractivity contribution in [2.75, 3.05) is 13.7 Å². The zero-order valence-electron chi connectivity index (χ0n) is 31.5. The lowest BCUT2D eigenvalue weighted by atomic mass is 10.1. The van der Waals surface area contributed by atoms with E-state index in [-0.39, 0.29) is 11.1 Å². The van der Waals surface area contributed by atoms with Crippen LogP contribution in [0.15, 0.2) is 36.4 Å². The zero-order chi connectivity index (χ0) is 33.8. The van der Waals surface area contributed by atoms with Crippen molar-refractivity contribution in [1.82, 2.24) is 0 Å². The molecule has 0 aliphatic carbocycles. The van der Waals surface area contributed by atoms with Gasteiger partial charge in [-0.25, -0.2) is 0 Å². The van der Waals surface area contributed by atoms with Crippen LogP contribution in [-0.2, 0) is 15.8 Å². The molecule has 0 aliphatic rings. The number of benzene rings is 1. The maximum atomic E-state index is 6.86. The number of hydrogen-bond donors (Lipinski definition) is 0. The monoisotopic (exact) mass is 655 g/mol. The molecule has 0 radical (unpaired) electrons. The van der Waals surface area contributed by atoms with Crippen LogP contribution < -0.4 is 4.74 Å². The first-order chi connectivity index (χ1) is 22.2. The molecule has 0 fully saturated rings. The Hall–Kier alpha value is -1.54. The molecule has 1 rings (SSSR count). The Morgan fingerprint density at radius 1 is 0.696 bits per heavy atom. The molecule has 3 nitrogen and oxygen atoms in total. The predicted molar refractivity (Wildman–Crippen MR) is 204 cm³/mol. The molecular weight excluding hydrogens is 581 g/mol. The summed E-state index contributed by atoms with van der Waals surface area (Å²) in [6.07, 6.45) is 31.9. The molecule has 1 aromatic carbocycles. The van der Waals surface area contributed by atoms with Gasteiger partial charge in [-0.15, -0.1) is 11.8 Å². The lowest BCUT2D eigenvalue weighted by Crippen LogP contribution is -2.44. The molecule has 0 N–H and O–H groups in total. The van der Waals surface area contributed by atoms with Crippen LogP contribution in [0.1, 0.15) is 168 Å². The summed E-state index contributed by atoms with van der Waals surface area (Å²) in [6, 6.07) is 8.14. The average molecular weight is 655 g/mol. The van der Waals surface area contributed by atoms with Crippen LogP contribution in [-0.4, -0.2) is 28.1 Å². The van der Waals surface area contributed by atoms with Crippen molar-refractivity contribution in [3.05, 3.63) is 42.0 Å². The summed E-state index contributed by atoms with van der Waals surface area (Å²) in [6.45, 7) is 15.4. The largest absolute Gasteiger partial charge is 0.497 e. The summed E-state index contributed by atoms with van der Waals surface area (Å²) in [4.78, 5) is 0. The van der Waals surface area contributed by atoms with E-state index in [1.807, 2.05) is 12.1 Å². The molecule has 0 heterocycles. The number of methoxy groups -OCH3 is 1. The highest BCUT2D eigenvalue weighted by molar-refractivity contribution is 6.74. The third kappa shape index (κ3) is 22.9. The van der Waals surface area contributed by atoms with Crippen molar-refractivity contribution in [1.29, 1.82) is 0 Å². The lowest BCUT2D eigenvalue weighted by molar-refractivity contribution is 0.0731. The average Bonchev–Trinajstić information content (AvgIpc) is 3.02. The highest BCUT2D eigenvalue weighted by Crippen LogP contribution is 2.38. The minimum Gasteiger partial charge on any atom is -0.497 e. The van der Waals surface area contributed by atoms with Crippen molar-refractivity contribution in [2.24, 2.45) is 0 Å². The Morgan fingerprint density at radius 3 is 1.76 bits per heavy atom. The summed E-state index contributed by atoms with van der Waals surface area (Å²) in [5.41, 5.74) is 1.18. The quantitative estimate of drug-likeness (QED) is 0.0389. The fourth-order valence-electron chi connectivity index (χ4n) is 5.38. The molecule has 0 aliphatic heterocycles. The SMILES string of the molecule is CCCCCCCC/C=C/CCCCCCC#CCCCCCCC[C@@H](CCOCc1ccc(OC)cc1)O[Si](C)(C)C(C)(C)C. The zero-order valence-corrected chi connectivity index (χ0v) is 32.5. The van der Waals surface area contributed by atoms with Gasteiger partial charge in [0.15, 0.2) is 8.32 Å². The molecule has 0 spiro atoms. The molecule has 0 saturated heterocycles. The maximum Gasteiger partial charge on any atom is 0.192 e. The molecule has 0 amide bonds.